The first kappa shape index (κ1) is 18.7. The average molecular weight is 308 g/mol. The van der Waals surface area contributed by atoms with Crippen LogP contribution in [0.1, 0.15) is 72.1 Å². The van der Waals surface area contributed by atoms with Crippen molar-refractivity contribution in [1.82, 2.24) is 0 Å². The minimum Gasteiger partial charge on any atom is -0.294 e. The summed E-state index contributed by atoms with van der Waals surface area (Å²) in [5, 5.41) is 0. The lowest BCUT2D eigenvalue weighted by Gasteiger charge is -2.35. The van der Waals surface area contributed by atoms with Crippen LogP contribution < -0.4 is 0 Å². The van der Waals surface area contributed by atoms with E-state index >= 15 is 0 Å². The Labute approximate surface area is 134 Å². The molecule has 0 aromatic heterocycles. The quantitative estimate of drug-likeness (QED) is 0.370. The average Bonchev–Trinajstić information content (AvgIpc) is 2.59. The molecule has 0 amide bonds. The Bertz CT molecular complexity index is 326. The molecule has 1 atom stereocenters. The third-order valence-corrected chi connectivity index (χ3v) is 10.4. The summed E-state index contributed by atoms with van der Waals surface area (Å²) < 4.78 is 0. The van der Waals surface area contributed by atoms with Gasteiger partial charge in [0.1, 0.15) is 0 Å². The van der Waals surface area contributed by atoms with Crippen LogP contribution in [0.25, 0.3) is 0 Å². The van der Waals surface area contributed by atoms with Gasteiger partial charge in [-0.25, -0.2) is 0 Å². The number of allylic oxidation sites excluding steroid dienone is 2. The van der Waals surface area contributed by atoms with Crippen molar-refractivity contribution in [3.8, 4) is 0 Å². The molecule has 1 rings (SSSR count). The van der Waals surface area contributed by atoms with Crippen molar-refractivity contribution in [2.75, 3.05) is 6.54 Å². The van der Waals surface area contributed by atoms with Gasteiger partial charge in [0.2, 0.25) is 0 Å². The first-order chi connectivity index (χ1) is 10.2. The second-order valence-electron chi connectivity index (χ2n) is 7.05. The highest BCUT2D eigenvalue weighted by Crippen LogP contribution is 2.36. The molecule has 1 unspecified atom stereocenters. The van der Waals surface area contributed by atoms with E-state index in [1.807, 2.05) is 0 Å². The van der Waals surface area contributed by atoms with Crippen molar-refractivity contribution in [1.29, 1.82) is 0 Å². The summed E-state index contributed by atoms with van der Waals surface area (Å²) in [4.78, 5) is 5.09. The zero-order chi connectivity index (χ0) is 15.6. The molecule has 0 saturated heterocycles. The van der Waals surface area contributed by atoms with E-state index in [2.05, 4.69) is 39.5 Å². The largest absolute Gasteiger partial charge is 0.294 e. The molecule has 1 nitrogen and oxygen atoms in total. The molecule has 0 N–H and O–H groups in total. The highest BCUT2D eigenvalue weighted by Gasteiger charge is 2.35. The SMILES string of the molecule is C/C=C/C(C1=NCCCCCCC1)[Si](C)(CCC)CCC. The fraction of sp³-hybridized carbons (Fsp3) is 0.842. The normalized spacial score (nSPS) is 19.7. The van der Waals surface area contributed by atoms with E-state index in [1.165, 1.54) is 63.5 Å². The van der Waals surface area contributed by atoms with Gasteiger partial charge in [0.15, 0.2) is 0 Å². The van der Waals surface area contributed by atoms with Gasteiger partial charge in [0.25, 0.3) is 0 Å². The van der Waals surface area contributed by atoms with Gasteiger partial charge in [0.05, 0.1) is 8.07 Å². The maximum atomic E-state index is 5.09. The summed E-state index contributed by atoms with van der Waals surface area (Å²) >= 11 is 0. The molecular formula is C19H37NSi. The number of hydrogen-bond donors (Lipinski definition) is 0. The molecular weight excluding hydrogens is 270 g/mol. The van der Waals surface area contributed by atoms with Gasteiger partial charge in [-0.3, -0.25) is 4.99 Å². The van der Waals surface area contributed by atoms with Crippen molar-refractivity contribution in [3.63, 3.8) is 0 Å². The third kappa shape index (κ3) is 6.10. The molecule has 0 radical (unpaired) electrons. The van der Waals surface area contributed by atoms with E-state index in [9.17, 15) is 0 Å². The van der Waals surface area contributed by atoms with Crippen LogP contribution in [0, 0.1) is 0 Å². The third-order valence-electron chi connectivity index (χ3n) is 5.04. The van der Waals surface area contributed by atoms with Crippen LogP contribution in [0.15, 0.2) is 17.1 Å². The molecule has 0 bridgehead atoms. The smallest absolute Gasteiger partial charge is 0.0642 e. The maximum Gasteiger partial charge on any atom is 0.0642 e. The van der Waals surface area contributed by atoms with Crippen LogP contribution in [0.2, 0.25) is 24.2 Å². The van der Waals surface area contributed by atoms with E-state index in [-0.39, 0.29) is 0 Å². The predicted molar refractivity (Wildman–Crippen MR) is 100 cm³/mol. The summed E-state index contributed by atoms with van der Waals surface area (Å²) in [5.74, 6) is 0. The molecule has 0 aliphatic carbocycles. The maximum absolute atomic E-state index is 5.09. The highest BCUT2D eigenvalue weighted by molar-refractivity contribution is 6.83. The lowest BCUT2D eigenvalue weighted by atomic mass is 10.1. The second-order valence-corrected chi connectivity index (χ2v) is 12.0. The molecule has 0 aromatic rings. The Kier molecular flexibility index (Phi) is 9.22. The van der Waals surface area contributed by atoms with Gasteiger partial charge in [-0.1, -0.05) is 76.7 Å². The summed E-state index contributed by atoms with van der Waals surface area (Å²) in [6.07, 6.45) is 15.6. The van der Waals surface area contributed by atoms with Gasteiger partial charge >= 0.3 is 0 Å². The molecule has 1 aliphatic heterocycles. The lowest BCUT2D eigenvalue weighted by Crippen LogP contribution is -2.39. The van der Waals surface area contributed by atoms with Crippen LogP contribution in [-0.2, 0) is 0 Å². The molecule has 122 valence electrons. The van der Waals surface area contributed by atoms with Crippen LogP contribution in [0.4, 0.5) is 0 Å². The first-order valence-electron chi connectivity index (χ1n) is 9.34. The van der Waals surface area contributed by atoms with Crippen molar-refractivity contribution < 1.29 is 0 Å². The second kappa shape index (κ2) is 10.4. The first-order valence-corrected chi connectivity index (χ1v) is 12.3. The number of hydrogen-bond acceptors (Lipinski definition) is 1. The van der Waals surface area contributed by atoms with Crippen LogP contribution in [-0.4, -0.2) is 20.3 Å². The predicted octanol–water partition coefficient (Wildman–Crippen LogP) is 6.63. The van der Waals surface area contributed by atoms with Crippen molar-refractivity contribution in [2.24, 2.45) is 4.99 Å². The zero-order valence-electron chi connectivity index (χ0n) is 15.0. The highest BCUT2D eigenvalue weighted by atomic mass is 28.3. The number of rotatable bonds is 7. The minimum absolute atomic E-state index is 0.695. The van der Waals surface area contributed by atoms with Gasteiger partial charge in [-0.15, -0.1) is 0 Å². The molecule has 1 heterocycles. The molecule has 1 aliphatic rings. The molecule has 0 aromatic carbocycles. The minimum atomic E-state index is -1.26. The van der Waals surface area contributed by atoms with Crippen molar-refractivity contribution in [2.45, 2.75) is 96.3 Å². The topological polar surface area (TPSA) is 12.4 Å². The van der Waals surface area contributed by atoms with Crippen LogP contribution >= 0.6 is 0 Å². The van der Waals surface area contributed by atoms with E-state index in [1.54, 1.807) is 5.71 Å². The van der Waals surface area contributed by atoms with Gasteiger partial charge in [-0.2, -0.15) is 0 Å². The van der Waals surface area contributed by atoms with Gasteiger partial charge in [0, 0.05) is 17.8 Å². The monoisotopic (exact) mass is 307 g/mol. The summed E-state index contributed by atoms with van der Waals surface area (Å²) in [7, 11) is -1.26. The fourth-order valence-electron chi connectivity index (χ4n) is 4.02. The van der Waals surface area contributed by atoms with Crippen molar-refractivity contribution in [3.05, 3.63) is 12.2 Å². The summed E-state index contributed by atoms with van der Waals surface area (Å²) in [6.45, 7) is 10.6. The molecule has 21 heavy (non-hydrogen) atoms. The van der Waals surface area contributed by atoms with E-state index in [4.69, 9.17) is 4.99 Å². The van der Waals surface area contributed by atoms with E-state index in [0.29, 0.717) is 5.54 Å². The van der Waals surface area contributed by atoms with Crippen molar-refractivity contribution >= 4 is 13.8 Å². The fourth-order valence-corrected chi connectivity index (χ4v) is 8.87. The van der Waals surface area contributed by atoms with E-state index in [0.717, 1.165) is 6.54 Å². The lowest BCUT2D eigenvalue weighted by molar-refractivity contribution is 0.639. The molecule has 0 fully saturated rings. The van der Waals surface area contributed by atoms with E-state index < -0.39 is 8.07 Å². The Hall–Kier alpha value is -0.373. The van der Waals surface area contributed by atoms with Crippen LogP contribution in [0.5, 0.6) is 0 Å². The Morgan fingerprint density at radius 1 is 1.05 bits per heavy atom. The Balaban J connectivity index is 2.99. The van der Waals surface area contributed by atoms with Crippen LogP contribution in [0.3, 0.4) is 0 Å². The molecule has 0 spiro atoms. The molecule has 2 heteroatoms. The standard InChI is InChI=1S/C19H37NSi/c1-5-13-19(21(4,16-6-2)17-7-3)18-14-11-9-8-10-12-15-20-18/h5,13,19H,6-12,14-17H2,1-4H3/b13-5+,20-18?. The number of nitrogens with zero attached hydrogens (tertiary/aromatic N) is 1. The number of aliphatic imine (C=N–C) groups is 1. The Morgan fingerprint density at radius 3 is 2.29 bits per heavy atom. The Morgan fingerprint density at radius 2 is 1.67 bits per heavy atom. The zero-order valence-corrected chi connectivity index (χ0v) is 16.0. The van der Waals surface area contributed by atoms with Gasteiger partial charge < -0.3 is 0 Å². The summed E-state index contributed by atoms with van der Waals surface area (Å²) in [5.41, 5.74) is 2.26. The summed E-state index contributed by atoms with van der Waals surface area (Å²) in [6, 6.07) is 2.91. The molecule has 0 saturated carbocycles. The van der Waals surface area contributed by atoms with Gasteiger partial charge in [-0.05, 0) is 26.2 Å².